The van der Waals surface area contributed by atoms with Crippen LogP contribution in [-0.2, 0) is 4.79 Å². The van der Waals surface area contributed by atoms with Crippen LogP contribution in [0.15, 0.2) is 12.1 Å². The lowest BCUT2D eigenvalue weighted by Gasteiger charge is -2.00. The Bertz CT molecular complexity index is 494. The van der Waals surface area contributed by atoms with Crippen LogP contribution in [0.3, 0.4) is 0 Å². The molecule has 0 spiro atoms. The lowest BCUT2D eigenvalue weighted by atomic mass is 10.5. The second kappa shape index (κ2) is 3.22. The van der Waals surface area contributed by atoms with Crippen LogP contribution in [-0.4, -0.2) is 25.7 Å². The van der Waals surface area contributed by atoms with E-state index in [1.54, 1.807) is 12.1 Å². The number of hydrogen-bond acceptors (Lipinski definition) is 4. The van der Waals surface area contributed by atoms with Crippen molar-refractivity contribution in [3.05, 3.63) is 17.4 Å². The van der Waals surface area contributed by atoms with Gasteiger partial charge in [0.25, 0.3) is 0 Å². The number of carbonyl (C=O) groups excluding carboxylic acids is 1. The van der Waals surface area contributed by atoms with Gasteiger partial charge in [0.05, 0.1) is 0 Å². The minimum atomic E-state index is -0.193. The van der Waals surface area contributed by atoms with Gasteiger partial charge in [-0.05, 0) is 23.7 Å². The zero-order chi connectivity index (χ0) is 10.1. The summed E-state index contributed by atoms with van der Waals surface area (Å²) in [4.78, 5) is 10.7. The molecule has 1 amide bonds. The minimum Gasteiger partial charge on any atom is -0.309 e. The van der Waals surface area contributed by atoms with E-state index in [1.165, 1.54) is 11.4 Å². The molecular formula is C7H6ClN5O. The largest absolute Gasteiger partial charge is 0.309 e. The molecule has 0 aliphatic rings. The second-order valence-electron chi connectivity index (χ2n) is 2.64. The molecule has 0 saturated carbocycles. The van der Waals surface area contributed by atoms with E-state index in [4.69, 9.17) is 11.6 Å². The Hall–Kier alpha value is -1.69. The first kappa shape index (κ1) is 8.89. The third-order valence-electron chi connectivity index (χ3n) is 1.53. The smallest absolute Gasteiger partial charge is 0.246 e. The van der Waals surface area contributed by atoms with E-state index in [-0.39, 0.29) is 11.2 Å². The van der Waals surface area contributed by atoms with Gasteiger partial charge >= 0.3 is 0 Å². The van der Waals surface area contributed by atoms with Gasteiger partial charge in [0.15, 0.2) is 11.5 Å². The number of halogens is 1. The van der Waals surface area contributed by atoms with Gasteiger partial charge in [-0.15, -0.1) is 15.3 Å². The quantitative estimate of drug-likeness (QED) is 0.755. The van der Waals surface area contributed by atoms with Crippen molar-refractivity contribution >= 4 is 29.0 Å². The topological polar surface area (TPSA) is 72.2 Å². The second-order valence-corrected chi connectivity index (χ2v) is 2.98. The lowest BCUT2D eigenvalue weighted by Crippen LogP contribution is -2.09. The van der Waals surface area contributed by atoms with E-state index >= 15 is 0 Å². The molecule has 0 fully saturated rings. The van der Waals surface area contributed by atoms with Gasteiger partial charge in [-0.1, -0.05) is 0 Å². The highest BCUT2D eigenvalue weighted by molar-refractivity contribution is 6.28. The highest BCUT2D eigenvalue weighted by atomic mass is 35.5. The molecule has 0 aliphatic heterocycles. The molecule has 14 heavy (non-hydrogen) atoms. The van der Waals surface area contributed by atoms with E-state index in [9.17, 15) is 4.79 Å². The third kappa shape index (κ3) is 1.51. The standard InChI is InChI=1S/C7H6ClN5O/c1-4(14)9-5-2-3-6-10-11-7(8)13(6)12-5/h2-3H,1H3,(H,9,12,14). The molecule has 2 rings (SSSR count). The van der Waals surface area contributed by atoms with Crippen LogP contribution >= 0.6 is 11.6 Å². The summed E-state index contributed by atoms with van der Waals surface area (Å²) < 4.78 is 1.34. The van der Waals surface area contributed by atoms with Gasteiger partial charge < -0.3 is 5.32 Å². The van der Waals surface area contributed by atoms with Crippen molar-refractivity contribution in [2.24, 2.45) is 0 Å². The van der Waals surface area contributed by atoms with Crippen molar-refractivity contribution in [1.29, 1.82) is 0 Å². The van der Waals surface area contributed by atoms with Gasteiger partial charge in [0.1, 0.15) is 0 Å². The van der Waals surface area contributed by atoms with E-state index < -0.39 is 0 Å². The molecule has 0 saturated heterocycles. The summed E-state index contributed by atoms with van der Waals surface area (Å²) in [6, 6.07) is 3.29. The molecule has 1 N–H and O–H groups in total. The Balaban J connectivity index is 2.49. The highest BCUT2D eigenvalue weighted by Crippen LogP contribution is 2.09. The molecule has 72 valence electrons. The molecule has 0 bridgehead atoms. The number of nitrogens with zero attached hydrogens (tertiary/aromatic N) is 4. The predicted octanol–water partition coefficient (Wildman–Crippen LogP) is 0.736. The van der Waals surface area contributed by atoms with Crippen LogP contribution in [0.4, 0.5) is 5.82 Å². The van der Waals surface area contributed by atoms with Crippen LogP contribution in [0.5, 0.6) is 0 Å². The first-order valence-corrected chi connectivity index (χ1v) is 4.20. The van der Waals surface area contributed by atoms with Crippen molar-refractivity contribution in [2.75, 3.05) is 5.32 Å². The molecule has 7 heteroatoms. The number of hydrogen-bond donors (Lipinski definition) is 1. The normalized spacial score (nSPS) is 10.4. The third-order valence-corrected chi connectivity index (χ3v) is 1.76. The first-order chi connectivity index (χ1) is 6.66. The molecule has 0 aliphatic carbocycles. The van der Waals surface area contributed by atoms with Crippen LogP contribution < -0.4 is 5.32 Å². The molecule has 0 unspecified atom stereocenters. The van der Waals surface area contributed by atoms with Gasteiger partial charge in [-0.2, -0.15) is 4.52 Å². The van der Waals surface area contributed by atoms with Crippen molar-refractivity contribution in [2.45, 2.75) is 6.92 Å². The maximum absolute atomic E-state index is 10.7. The number of fused-ring (bicyclic) bond motifs is 1. The van der Waals surface area contributed by atoms with Crippen molar-refractivity contribution in [3.63, 3.8) is 0 Å². The fraction of sp³-hybridized carbons (Fsp3) is 0.143. The maximum atomic E-state index is 10.7. The van der Waals surface area contributed by atoms with Gasteiger partial charge in [0, 0.05) is 6.92 Å². The number of rotatable bonds is 1. The number of anilines is 1. The van der Waals surface area contributed by atoms with Crippen LogP contribution in [0, 0.1) is 0 Å². The number of amides is 1. The van der Waals surface area contributed by atoms with Crippen molar-refractivity contribution < 1.29 is 4.79 Å². The van der Waals surface area contributed by atoms with E-state index in [0.29, 0.717) is 11.5 Å². The summed E-state index contributed by atoms with van der Waals surface area (Å²) >= 11 is 5.70. The Morgan fingerprint density at radius 1 is 1.50 bits per heavy atom. The molecule has 2 heterocycles. The summed E-state index contributed by atoms with van der Waals surface area (Å²) in [6.07, 6.45) is 0. The highest BCUT2D eigenvalue weighted by Gasteiger charge is 2.04. The molecule has 0 atom stereocenters. The molecule has 6 nitrogen and oxygen atoms in total. The zero-order valence-electron chi connectivity index (χ0n) is 7.23. The summed E-state index contributed by atoms with van der Waals surface area (Å²) in [7, 11) is 0. The van der Waals surface area contributed by atoms with Crippen molar-refractivity contribution in [1.82, 2.24) is 19.8 Å². The van der Waals surface area contributed by atoms with Gasteiger partial charge in [-0.25, -0.2) is 0 Å². The van der Waals surface area contributed by atoms with E-state index in [1.807, 2.05) is 0 Å². The fourth-order valence-electron chi connectivity index (χ4n) is 1.01. The molecule has 2 aromatic rings. The minimum absolute atomic E-state index is 0.159. The number of aromatic nitrogens is 4. The van der Waals surface area contributed by atoms with Crippen molar-refractivity contribution in [3.8, 4) is 0 Å². The molecule has 0 radical (unpaired) electrons. The Morgan fingerprint density at radius 2 is 2.29 bits per heavy atom. The summed E-state index contributed by atoms with van der Waals surface area (Å²) in [6.45, 7) is 1.40. The fourth-order valence-corrected chi connectivity index (χ4v) is 1.17. The number of carbonyl (C=O) groups is 1. The Morgan fingerprint density at radius 3 is 3.00 bits per heavy atom. The van der Waals surface area contributed by atoms with Crippen LogP contribution in [0.2, 0.25) is 5.28 Å². The zero-order valence-corrected chi connectivity index (χ0v) is 7.99. The summed E-state index contributed by atoms with van der Waals surface area (Å²) in [5.41, 5.74) is 0.532. The number of nitrogens with one attached hydrogen (secondary N) is 1. The first-order valence-electron chi connectivity index (χ1n) is 3.82. The van der Waals surface area contributed by atoms with Gasteiger partial charge in [-0.3, -0.25) is 4.79 Å². The Kier molecular flexibility index (Phi) is 2.05. The SMILES string of the molecule is CC(=O)Nc1ccc2nnc(Cl)n2n1. The van der Waals surface area contributed by atoms with Gasteiger partial charge in [0.2, 0.25) is 11.2 Å². The molecule has 2 aromatic heterocycles. The maximum Gasteiger partial charge on any atom is 0.246 e. The summed E-state index contributed by atoms with van der Waals surface area (Å²) in [5.74, 6) is 0.216. The lowest BCUT2D eigenvalue weighted by molar-refractivity contribution is -0.114. The van der Waals surface area contributed by atoms with E-state index in [0.717, 1.165) is 0 Å². The van der Waals surface area contributed by atoms with Crippen LogP contribution in [0.25, 0.3) is 5.65 Å². The average Bonchev–Trinajstić information content (AvgIpc) is 2.47. The molecular weight excluding hydrogens is 206 g/mol. The van der Waals surface area contributed by atoms with Crippen LogP contribution in [0.1, 0.15) is 6.92 Å². The van der Waals surface area contributed by atoms with E-state index in [2.05, 4.69) is 20.6 Å². The monoisotopic (exact) mass is 211 g/mol. The average molecular weight is 212 g/mol. The summed E-state index contributed by atoms with van der Waals surface area (Å²) in [5, 5.41) is 14.1. The predicted molar refractivity (Wildman–Crippen MR) is 50.1 cm³/mol. The molecule has 0 aromatic carbocycles. The Labute approximate surface area is 83.9 Å².